The first-order chi connectivity index (χ1) is 12.2. The summed E-state index contributed by atoms with van der Waals surface area (Å²) in [7, 11) is 0. The Kier molecular flexibility index (Phi) is 5.16. The Bertz CT molecular complexity index is 853. The van der Waals surface area contributed by atoms with Crippen molar-refractivity contribution in [2.45, 2.75) is 13.5 Å². The van der Waals surface area contributed by atoms with Gasteiger partial charge in [-0.1, -0.05) is 6.07 Å². The lowest BCUT2D eigenvalue weighted by Crippen LogP contribution is -2.06. The van der Waals surface area contributed by atoms with Crippen molar-refractivity contribution in [3.05, 3.63) is 66.6 Å². The number of carbonyl (C=O) groups is 1. The van der Waals surface area contributed by atoms with Crippen LogP contribution in [0.15, 0.2) is 61.1 Å². The highest BCUT2D eigenvalue weighted by molar-refractivity contribution is 5.89. The fraction of sp³-hybridized carbons (Fsp3) is 0.111. The first kappa shape index (κ1) is 16.4. The first-order valence-corrected chi connectivity index (χ1v) is 7.79. The second kappa shape index (κ2) is 7.87. The van der Waals surface area contributed by atoms with Gasteiger partial charge in [0.1, 0.15) is 5.82 Å². The number of amides is 1. The van der Waals surface area contributed by atoms with E-state index >= 15 is 0 Å². The maximum Gasteiger partial charge on any atom is 0.229 e. The molecule has 3 N–H and O–H groups in total. The van der Waals surface area contributed by atoms with Crippen LogP contribution in [0.4, 0.5) is 23.1 Å². The van der Waals surface area contributed by atoms with Crippen molar-refractivity contribution in [3.63, 3.8) is 0 Å². The summed E-state index contributed by atoms with van der Waals surface area (Å²) in [4.78, 5) is 23.8. The van der Waals surface area contributed by atoms with Crippen LogP contribution in [0.25, 0.3) is 0 Å². The summed E-state index contributed by atoms with van der Waals surface area (Å²) in [6, 6.07) is 13.1. The molecule has 3 rings (SSSR count). The van der Waals surface area contributed by atoms with E-state index in [-0.39, 0.29) is 5.91 Å². The molecular weight excluding hydrogens is 316 g/mol. The average molecular weight is 334 g/mol. The van der Waals surface area contributed by atoms with Gasteiger partial charge in [0.2, 0.25) is 11.9 Å². The number of nitrogens with one attached hydrogen (secondary N) is 3. The lowest BCUT2D eigenvalue weighted by Gasteiger charge is -2.09. The van der Waals surface area contributed by atoms with E-state index in [1.54, 1.807) is 24.7 Å². The summed E-state index contributed by atoms with van der Waals surface area (Å²) < 4.78 is 0. The van der Waals surface area contributed by atoms with E-state index in [4.69, 9.17) is 0 Å². The fourth-order valence-electron chi connectivity index (χ4n) is 2.22. The minimum atomic E-state index is -0.115. The van der Waals surface area contributed by atoms with Gasteiger partial charge in [-0.05, 0) is 42.0 Å². The fourth-order valence-corrected chi connectivity index (χ4v) is 2.22. The zero-order valence-electron chi connectivity index (χ0n) is 13.7. The van der Waals surface area contributed by atoms with Crippen LogP contribution in [0.3, 0.4) is 0 Å². The molecule has 2 aromatic heterocycles. The lowest BCUT2D eigenvalue weighted by molar-refractivity contribution is -0.114. The van der Waals surface area contributed by atoms with E-state index in [2.05, 4.69) is 30.9 Å². The predicted octanol–water partition coefficient (Wildman–Crippen LogP) is 3.19. The smallest absolute Gasteiger partial charge is 0.229 e. The van der Waals surface area contributed by atoms with Crippen LogP contribution in [0.2, 0.25) is 0 Å². The van der Waals surface area contributed by atoms with E-state index in [0.717, 1.165) is 11.3 Å². The monoisotopic (exact) mass is 334 g/mol. The predicted molar refractivity (Wildman–Crippen MR) is 97.6 cm³/mol. The van der Waals surface area contributed by atoms with Crippen LogP contribution in [-0.2, 0) is 11.3 Å². The Morgan fingerprint density at radius 3 is 2.64 bits per heavy atom. The van der Waals surface area contributed by atoms with Crippen LogP contribution in [0.1, 0.15) is 12.5 Å². The van der Waals surface area contributed by atoms with Gasteiger partial charge in [-0.2, -0.15) is 4.98 Å². The van der Waals surface area contributed by atoms with Crippen LogP contribution >= 0.6 is 0 Å². The maximum atomic E-state index is 11.1. The number of hydrogen-bond donors (Lipinski definition) is 3. The number of aromatic nitrogens is 3. The van der Waals surface area contributed by atoms with Crippen molar-refractivity contribution in [2.24, 2.45) is 0 Å². The molecule has 0 atom stereocenters. The van der Waals surface area contributed by atoms with Gasteiger partial charge in [-0.3, -0.25) is 9.78 Å². The second-order valence-electron chi connectivity index (χ2n) is 5.36. The average Bonchev–Trinajstić information content (AvgIpc) is 2.61. The van der Waals surface area contributed by atoms with Crippen LogP contribution in [0.5, 0.6) is 0 Å². The molecule has 7 heteroatoms. The molecule has 0 aliphatic carbocycles. The van der Waals surface area contributed by atoms with Crippen molar-refractivity contribution in [1.82, 2.24) is 15.0 Å². The SMILES string of the molecule is CC(=O)Nc1cccc(Nc2nccc(NCc3ccncc3)n2)c1. The highest BCUT2D eigenvalue weighted by Crippen LogP contribution is 2.18. The summed E-state index contributed by atoms with van der Waals surface area (Å²) in [5, 5.41) is 9.12. The van der Waals surface area contributed by atoms with E-state index in [1.165, 1.54) is 6.92 Å². The maximum absolute atomic E-state index is 11.1. The van der Waals surface area contributed by atoms with Crippen LogP contribution < -0.4 is 16.0 Å². The first-order valence-electron chi connectivity index (χ1n) is 7.79. The van der Waals surface area contributed by atoms with Gasteiger partial charge >= 0.3 is 0 Å². The quantitative estimate of drug-likeness (QED) is 0.641. The molecule has 0 unspecified atom stereocenters. The van der Waals surface area contributed by atoms with E-state index in [0.29, 0.717) is 24.0 Å². The molecule has 0 fully saturated rings. The molecule has 7 nitrogen and oxygen atoms in total. The molecule has 25 heavy (non-hydrogen) atoms. The van der Waals surface area contributed by atoms with Gasteiger partial charge in [0.05, 0.1) is 0 Å². The number of pyridine rings is 1. The normalized spacial score (nSPS) is 10.1. The van der Waals surface area contributed by atoms with Crippen molar-refractivity contribution in [1.29, 1.82) is 0 Å². The van der Waals surface area contributed by atoms with Gasteiger partial charge in [-0.25, -0.2) is 4.98 Å². The molecular formula is C18H18N6O. The Balaban J connectivity index is 1.66. The number of nitrogens with zero attached hydrogens (tertiary/aromatic N) is 3. The van der Waals surface area contributed by atoms with E-state index in [9.17, 15) is 4.79 Å². The number of benzene rings is 1. The molecule has 2 heterocycles. The number of anilines is 4. The number of carbonyl (C=O) groups excluding carboxylic acids is 1. The molecule has 1 aromatic carbocycles. The summed E-state index contributed by atoms with van der Waals surface area (Å²) >= 11 is 0. The molecule has 3 aromatic rings. The summed E-state index contributed by atoms with van der Waals surface area (Å²) in [5.74, 6) is 1.07. The standard InChI is InChI=1S/C18H18N6O/c1-13(25)22-15-3-2-4-16(11-15)23-18-20-10-7-17(24-18)21-12-14-5-8-19-9-6-14/h2-11H,12H2,1H3,(H,22,25)(H2,20,21,23,24). The molecule has 0 aliphatic rings. The molecule has 0 spiro atoms. The Labute approximate surface area is 145 Å². The molecule has 0 radical (unpaired) electrons. The molecule has 0 saturated heterocycles. The molecule has 0 bridgehead atoms. The van der Waals surface area contributed by atoms with Crippen molar-refractivity contribution in [3.8, 4) is 0 Å². The lowest BCUT2D eigenvalue weighted by atomic mass is 10.2. The van der Waals surface area contributed by atoms with Crippen molar-refractivity contribution in [2.75, 3.05) is 16.0 Å². The van der Waals surface area contributed by atoms with Gasteiger partial charge < -0.3 is 16.0 Å². The van der Waals surface area contributed by atoms with E-state index < -0.39 is 0 Å². The third-order valence-corrected chi connectivity index (χ3v) is 3.32. The largest absolute Gasteiger partial charge is 0.366 e. The summed E-state index contributed by atoms with van der Waals surface area (Å²) in [6.45, 7) is 2.12. The zero-order chi connectivity index (χ0) is 17.5. The Hall–Kier alpha value is -3.48. The highest BCUT2D eigenvalue weighted by Gasteiger charge is 2.02. The minimum Gasteiger partial charge on any atom is -0.366 e. The van der Waals surface area contributed by atoms with Crippen molar-refractivity contribution < 1.29 is 4.79 Å². The Morgan fingerprint density at radius 1 is 1.04 bits per heavy atom. The van der Waals surface area contributed by atoms with Gasteiger partial charge in [-0.15, -0.1) is 0 Å². The molecule has 0 aliphatic heterocycles. The van der Waals surface area contributed by atoms with Crippen LogP contribution in [-0.4, -0.2) is 20.9 Å². The Morgan fingerprint density at radius 2 is 1.84 bits per heavy atom. The highest BCUT2D eigenvalue weighted by atomic mass is 16.1. The summed E-state index contributed by atoms with van der Waals surface area (Å²) in [5.41, 5.74) is 2.62. The van der Waals surface area contributed by atoms with E-state index in [1.807, 2.05) is 36.4 Å². The van der Waals surface area contributed by atoms with Gasteiger partial charge in [0, 0.05) is 43.4 Å². The second-order valence-corrected chi connectivity index (χ2v) is 5.36. The third-order valence-electron chi connectivity index (χ3n) is 3.32. The zero-order valence-corrected chi connectivity index (χ0v) is 13.7. The van der Waals surface area contributed by atoms with Gasteiger partial charge in [0.25, 0.3) is 0 Å². The third kappa shape index (κ3) is 5.00. The number of hydrogen-bond acceptors (Lipinski definition) is 6. The topological polar surface area (TPSA) is 91.8 Å². The van der Waals surface area contributed by atoms with Crippen LogP contribution in [0, 0.1) is 0 Å². The minimum absolute atomic E-state index is 0.115. The molecule has 126 valence electrons. The number of rotatable bonds is 6. The van der Waals surface area contributed by atoms with Gasteiger partial charge in [0.15, 0.2) is 0 Å². The molecule has 0 saturated carbocycles. The van der Waals surface area contributed by atoms with Crippen molar-refractivity contribution >= 4 is 29.0 Å². The summed E-state index contributed by atoms with van der Waals surface area (Å²) in [6.07, 6.45) is 5.19. The molecule has 1 amide bonds.